The Kier molecular flexibility index (Phi) is 4.82. The summed E-state index contributed by atoms with van der Waals surface area (Å²) in [4.78, 5) is 0. The number of aliphatic hydroxyl groups excluding tert-OH is 1. The fraction of sp³-hybridized carbons (Fsp3) is 0.417. The number of nitrogens with zero attached hydrogens (tertiary/aromatic N) is 1. The van der Waals surface area contributed by atoms with Crippen LogP contribution in [0.3, 0.4) is 0 Å². The third kappa shape index (κ3) is 3.05. The molecule has 0 aliphatic rings. The predicted octanol–water partition coefficient (Wildman–Crippen LogP) is 1.82. The van der Waals surface area contributed by atoms with Crippen LogP contribution in [0.15, 0.2) is 24.3 Å². The molecule has 0 aliphatic heterocycles. The number of nitriles is 1. The molecule has 0 spiro atoms. The summed E-state index contributed by atoms with van der Waals surface area (Å²) in [5.41, 5.74) is 2.01. The van der Waals surface area contributed by atoms with E-state index in [9.17, 15) is 0 Å². The van der Waals surface area contributed by atoms with E-state index in [1.807, 2.05) is 31.2 Å². The topological polar surface area (TPSA) is 53.2 Å². The van der Waals surface area contributed by atoms with Gasteiger partial charge in [-0.15, -0.1) is 0 Å². The lowest BCUT2D eigenvalue weighted by molar-refractivity contribution is 0.0577. The van der Waals surface area contributed by atoms with Gasteiger partial charge in [-0.2, -0.15) is 5.26 Å². The molecule has 0 fully saturated rings. The largest absolute Gasteiger partial charge is 0.394 e. The van der Waals surface area contributed by atoms with Crippen LogP contribution in [-0.4, -0.2) is 18.3 Å². The van der Waals surface area contributed by atoms with Crippen molar-refractivity contribution in [3.63, 3.8) is 0 Å². The fourth-order valence-electron chi connectivity index (χ4n) is 1.48. The predicted molar refractivity (Wildman–Crippen MR) is 57.2 cm³/mol. The Labute approximate surface area is 89.9 Å². The minimum absolute atomic E-state index is 0.0630. The molecule has 0 amide bonds. The van der Waals surface area contributed by atoms with Gasteiger partial charge in [0.05, 0.1) is 19.3 Å². The van der Waals surface area contributed by atoms with Gasteiger partial charge in [-0.25, -0.2) is 0 Å². The van der Waals surface area contributed by atoms with Gasteiger partial charge in [0, 0.05) is 0 Å². The zero-order valence-corrected chi connectivity index (χ0v) is 8.81. The van der Waals surface area contributed by atoms with Gasteiger partial charge < -0.3 is 9.84 Å². The van der Waals surface area contributed by atoms with Gasteiger partial charge in [-0.05, 0) is 17.5 Å². The Bertz CT molecular complexity index is 344. The summed E-state index contributed by atoms with van der Waals surface area (Å²) in [6, 6.07) is 9.81. The molecule has 0 saturated carbocycles. The van der Waals surface area contributed by atoms with Crippen molar-refractivity contribution in [1.82, 2.24) is 0 Å². The summed E-state index contributed by atoms with van der Waals surface area (Å²) in [6.07, 6.45) is 0.296. The first-order chi connectivity index (χ1) is 7.33. The average Bonchev–Trinajstić information content (AvgIpc) is 2.30. The molecule has 0 aromatic heterocycles. The molecular formula is C12H15NO2. The molecule has 1 aromatic carbocycles. The summed E-state index contributed by atoms with van der Waals surface area (Å²) in [6.45, 7) is 2.17. The van der Waals surface area contributed by atoms with E-state index in [2.05, 4.69) is 6.07 Å². The molecule has 1 aromatic rings. The quantitative estimate of drug-likeness (QED) is 0.797. The second kappa shape index (κ2) is 6.18. The third-order valence-electron chi connectivity index (χ3n) is 2.21. The molecular weight excluding hydrogens is 190 g/mol. The minimum atomic E-state index is -0.576. The third-order valence-corrected chi connectivity index (χ3v) is 2.21. The summed E-state index contributed by atoms with van der Waals surface area (Å²) >= 11 is 0. The maximum Gasteiger partial charge on any atom is 0.169 e. The van der Waals surface area contributed by atoms with Gasteiger partial charge in [-0.1, -0.05) is 31.2 Å². The fourth-order valence-corrected chi connectivity index (χ4v) is 1.48. The molecule has 0 aliphatic carbocycles. The zero-order valence-electron chi connectivity index (χ0n) is 8.81. The zero-order chi connectivity index (χ0) is 11.1. The molecule has 1 N–H and O–H groups in total. The summed E-state index contributed by atoms with van der Waals surface area (Å²) in [5.74, 6) is 0. The van der Waals surface area contributed by atoms with Crippen LogP contribution in [-0.2, 0) is 11.2 Å². The van der Waals surface area contributed by atoms with Gasteiger partial charge in [-0.3, -0.25) is 0 Å². The van der Waals surface area contributed by atoms with Crippen molar-refractivity contribution < 1.29 is 9.84 Å². The highest BCUT2D eigenvalue weighted by Gasteiger charge is 2.13. The van der Waals surface area contributed by atoms with E-state index in [0.717, 1.165) is 17.5 Å². The number of aliphatic hydroxyl groups is 1. The van der Waals surface area contributed by atoms with Crippen molar-refractivity contribution in [2.45, 2.75) is 19.4 Å². The lowest BCUT2D eigenvalue weighted by atomic mass is 10.0. The van der Waals surface area contributed by atoms with Crippen LogP contribution in [0.4, 0.5) is 0 Å². The highest BCUT2D eigenvalue weighted by molar-refractivity contribution is 5.32. The summed E-state index contributed by atoms with van der Waals surface area (Å²) in [5, 5.41) is 17.6. The van der Waals surface area contributed by atoms with Crippen LogP contribution in [0, 0.1) is 11.3 Å². The normalized spacial score (nSPS) is 12.1. The van der Waals surface area contributed by atoms with Crippen molar-refractivity contribution in [3.8, 4) is 6.07 Å². The second-order valence-electron chi connectivity index (χ2n) is 3.16. The Morgan fingerprint density at radius 1 is 1.47 bits per heavy atom. The molecule has 3 nitrogen and oxygen atoms in total. The maximum absolute atomic E-state index is 8.97. The SMILES string of the molecule is CCc1ccccc1C(C#N)OCCO. The standard InChI is InChI=1S/C12H15NO2/c1-2-10-5-3-4-6-11(10)12(9-13)15-8-7-14/h3-6,12,14H,2,7-8H2,1H3. The highest BCUT2D eigenvalue weighted by Crippen LogP contribution is 2.21. The smallest absolute Gasteiger partial charge is 0.169 e. The summed E-state index contributed by atoms with van der Waals surface area (Å²) in [7, 11) is 0. The van der Waals surface area contributed by atoms with Crippen molar-refractivity contribution in [3.05, 3.63) is 35.4 Å². The first-order valence-corrected chi connectivity index (χ1v) is 5.03. The van der Waals surface area contributed by atoms with Crippen molar-refractivity contribution in [1.29, 1.82) is 5.26 Å². The number of hydrogen-bond donors (Lipinski definition) is 1. The van der Waals surface area contributed by atoms with E-state index >= 15 is 0 Å². The van der Waals surface area contributed by atoms with Crippen LogP contribution in [0.25, 0.3) is 0 Å². The lowest BCUT2D eigenvalue weighted by Gasteiger charge is -2.13. The number of ether oxygens (including phenoxy) is 1. The molecule has 0 saturated heterocycles. The van der Waals surface area contributed by atoms with E-state index in [1.165, 1.54) is 0 Å². The van der Waals surface area contributed by atoms with E-state index in [4.69, 9.17) is 15.1 Å². The van der Waals surface area contributed by atoms with Gasteiger partial charge >= 0.3 is 0 Å². The Hall–Kier alpha value is -1.37. The number of aryl methyl sites for hydroxylation is 1. The average molecular weight is 205 g/mol. The lowest BCUT2D eigenvalue weighted by Crippen LogP contribution is -2.08. The highest BCUT2D eigenvalue weighted by atomic mass is 16.5. The maximum atomic E-state index is 8.97. The monoisotopic (exact) mass is 205 g/mol. The molecule has 1 atom stereocenters. The van der Waals surface area contributed by atoms with Crippen LogP contribution in [0.5, 0.6) is 0 Å². The van der Waals surface area contributed by atoms with E-state index < -0.39 is 6.10 Å². The number of hydrogen-bond acceptors (Lipinski definition) is 3. The molecule has 15 heavy (non-hydrogen) atoms. The minimum Gasteiger partial charge on any atom is -0.394 e. The number of benzene rings is 1. The van der Waals surface area contributed by atoms with E-state index in [-0.39, 0.29) is 13.2 Å². The van der Waals surface area contributed by atoms with Crippen LogP contribution in [0.1, 0.15) is 24.2 Å². The first kappa shape index (κ1) is 11.7. The molecule has 80 valence electrons. The first-order valence-electron chi connectivity index (χ1n) is 5.03. The van der Waals surface area contributed by atoms with Gasteiger partial charge in [0.1, 0.15) is 0 Å². The van der Waals surface area contributed by atoms with E-state index in [1.54, 1.807) is 0 Å². The van der Waals surface area contributed by atoms with E-state index in [0.29, 0.717) is 0 Å². The van der Waals surface area contributed by atoms with Gasteiger partial charge in [0.15, 0.2) is 6.10 Å². The van der Waals surface area contributed by atoms with Crippen molar-refractivity contribution in [2.75, 3.05) is 13.2 Å². The van der Waals surface area contributed by atoms with Crippen LogP contribution in [0.2, 0.25) is 0 Å². The van der Waals surface area contributed by atoms with Gasteiger partial charge in [0.25, 0.3) is 0 Å². The van der Waals surface area contributed by atoms with Crippen LogP contribution < -0.4 is 0 Å². The number of rotatable bonds is 5. The Morgan fingerprint density at radius 2 is 2.20 bits per heavy atom. The molecule has 3 heteroatoms. The molecule has 1 unspecified atom stereocenters. The Balaban J connectivity index is 2.86. The molecule has 1 rings (SSSR count). The van der Waals surface area contributed by atoms with Crippen LogP contribution >= 0.6 is 0 Å². The summed E-state index contributed by atoms with van der Waals surface area (Å²) < 4.78 is 5.26. The molecule has 0 radical (unpaired) electrons. The van der Waals surface area contributed by atoms with Crippen molar-refractivity contribution >= 4 is 0 Å². The molecule has 0 heterocycles. The van der Waals surface area contributed by atoms with Crippen molar-refractivity contribution in [2.24, 2.45) is 0 Å². The Morgan fingerprint density at radius 3 is 2.80 bits per heavy atom. The second-order valence-corrected chi connectivity index (χ2v) is 3.16. The molecule has 0 bridgehead atoms. The van der Waals surface area contributed by atoms with Gasteiger partial charge in [0.2, 0.25) is 0 Å².